The van der Waals surface area contributed by atoms with Gasteiger partial charge in [0, 0.05) is 12.5 Å². The molecule has 18 heavy (non-hydrogen) atoms. The fourth-order valence-corrected chi connectivity index (χ4v) is 4.90. The van der Waals surface area contributed by atoms with Gasteiger partial charge in [0.15, 0.2) is 0 Å². The third-order valence-corrected chi connectivity index (χ3v) is 5.77. The van der Waals surface area contributed by atoms with Crippen LogP contribution in [0.3, 0.4) is 0 Å². The van der Waals surface area contributed by atoms with Crippen molar-refractivity contribution in [1.82, 2.24) is 4.98 Å². The Hall–Kier alpha value is -0.930. The molecular weight excluding hydrogens is 240 g/mol. The van der Waals surface area contributed by atoms with E-state index in [1.54, 1.807) is 0 Å². The van der Waals surface area contributed by atoms with Crippen molar-refractivity contribution >= 4 is 21.6 Å². The van der Waals surface area contributed by atoms with Gasteiger partial charge in [0.05, 0.1) is 15.2 Å². The molecule has 0 bridgehead atoms. The molecule has 2 aromatic rings. The Kier molecular flexibility index (Phi) is 2.45. The fourth-order valence-electron chi connectivity index (χ4n) is 3.86. The average molecular weight is 258 g/mol. The standard InChI is InChI=1S/C15H18N2S/c16-11(15-9-4-3-5-10(9)15)8-14-17-12-6-1-2-7-13(12)18-14/h1-2,6-7,9-11,15H,3-5,8,16H2. The first kappa shape index (κ1) is 10.9. The topological polar surface area (TPSA) is 38.9 Å². The van der Waals surface area contributed by atoms with Crippen molar-refractivity contribution in [3.63, 3.8) is 0 Å². The molecule has 1 aromatic heterocycles. The molecule has 0 saturated heterocycles. The van der Waals surface area contributed by atoms with Crippen molar-refractivity contribution in [2.75, 3.05) is 0 Å². The minimum Gasteiger partial charge on any atom is -0.327 e. The molecule has 3 unspecified atom stereocenters. The summed E-state index contributed by atoms with van der Waals surface area (Å²) in [6.45, 7) is 0. The van der Waals surface area contributed by atoms with Crippen LogP contribution in [0.5, 0.6) is 0 Å². The van der Waals surface area contributed by atoms with Gasteiger partial charge >= 0.3 is 0 Å². The van der Waals surface area contributed by atoms with Crippen LogP contribution in [-0.4, -0.2) is 11.0 Å². The summed E-state index contributed by atoms with van der Waals surface area (Å²) in [6.07, 6.45) is 5.24. The van der Waals surface area contributed by atoms with Gasteiger partial charge in [-0.2, -0.15) is 0 Å². The van der Waals surface area contributed by atoms with Gasteiger partial charge in [-0.05, 0) is 42.7 Å². The number of nitrogens with two attached hydrogens (primary N) is 1. The molecule has 1 aromatic carbocycles. The molecule has 0 radical (unpaired) electrons. The summed E-state index contributed by atoms with van der Waals surface area (Å²) in [5.41, 5.74) is 7.52. The number of benzene rings is 1. The minimum absolute atomic E-state index is 0.334. The number of hydrogen-bond acceptors (Lipinski definition) is 3. The molecule has 0 aliphatic heterocycles. The summed E-state index contributed by atoms with van der Waals surface area (Å²) < 4.78 is 1.29. The second-order valence-electron chi connectivity index (χ2n) is 5.78. The first-order valence-electron chi connectivity index (χ1n) is 6.93. The SMILES string of the molecule is NC(Cc1nc2ccccc2s1)C1C2CCCC21. The average Bonchev–Trinajstić information content (AvgIpc) is 2.77. The maximum Gasteiger partial charge on any atom is 0.0954 e. The van der Waals surface area contributed by atoms with E-state index in [9.17, 15) is 0 Å². The number of aromatic nitrogens is 1. The van der Waals surface area contributed by atoms with E-state index >= 15 is 0 Å². The van der Waals surface area contributed by atoms with Gasteiger partial charge < -0.3 is 5.73 Å². The Labute approximate surface area is 111 Å². The molecule has 2 nitrogen and oxygen atoms in total. The van der Waals surface area contributed by atoms with Crippen molar-refractivity contribution in [2.24, 2.45) is 23.5 Å². The number of nitrogens with zero attached hydrogens (tertiary/aromatic N) is 1. The predicted molar refractivity (Wildman–Crippen MR) is 75.6 cm³/mol. The normalized spacial score (nSPS) is 31.5. The van der Waals surface area contributed by atoms with Gasteiger partial charge in [0.1, 0.15) is 0 Å². The molecule has 0 amide bonds. The van der Waals surface area contributed by atoms with Crippen molar-refractivity contribution < 1.29 is 0 Å². The highest BCUT2D eigenvalue weighted by atomic mass is 32.1. The van der Waals surface area contributed by atoms with Crippen LogP contribution < -0.4 is 5.73 Å². The number of rotatable bonds is 3. The highest BCUT2D eigenvalue weighted by Gasteiger charge is 2.54. The third kappa shape index (κ3) is 1.69. The molecule has 3 atom stereocenters. The van der Waals surface area contributed by atoms with Crippen molar-refractivity contribution in [1.29, 1.82) is 0 Å². The Morgan fingerprint density at radius 1 is 1.28 bits per heavy atom. The number of para-hydroxylation sites is 1. The van der Waals surface area contributed by atoms with E-state index in [0.29, 0.717) is 6.04 Å². The summed E-state index contributed by atoms with van der Waals surface area (Å²) in [6, 6.07) is 8.70. The van der Waals surface area contributed by atoms with Crippen LogP contribution in [0.15, 0.2) is 24.3 Å². The largest absolute Gasteiger partial charge is 0.327 e. The fraction of sp³-hybridized carbons (Fsp3) is 0.533. The zero-order valence-corrected chi connectivity index (χ0v) is 11.2. The predicted octanol–water partition coefficient (Wildman–Crippen LogP) is 3.21. The van der Waals surface area contributed by atoms with Gasteiger partial charge in [0.2, 0.25) is 0 Å². The van der Waals surface area contributed by atoms with E-state index in [1.165, 1.54) is 29.0 Å². The number of thiazole rings is 1. The monoisotopic (exact) mass is 258 g/mol. The molecule has 0 spiro atoms. The van der Waals surface area contributed by atoms with Gasteiger partial charge in [-0.25, -0.2) is 4.98 Å². The lowest BCUT2D eigenvalue weighted by atomic mass is 10.0. The second kappa shape index (κ2) is 4.04. The molecule has 2 aliphatic rings. The summed E-state index contributed by atoms with van der Waals surface area (Å²) in [5.74, 6) is 2.70. The van der Waals surface area contributed by atoms with Crippen molar-refractivity contribution in [3.05, 3.63) is 29.3 Å². The molecule has 3 heteroatoms. The lowest BCUT2D eigenvalue weighted by molar-refractivity contribution is 0.484. The highest BCUT2D eigenvalue weighted by Crippen LogP contribution is 2.58. The zero-order valence-electron chi connectivity index (χ0n) is 10.4. The number of fused-ring (bicyclic) bond motifs is 2. The molecule has 2 N–H and O–H groups in total. The Bertz CT molecular complexity index is 534. The summed E-state index contributed by atoms with van der Waals surface area (Å²) >= 11 is 1.81. The minimum atomic E-state index is 0.334. The number of hydrogen-bond donors (Lipinski definition) is 1. The highest BCUT2D eigenvalue weighted by molar-refractivity contribution is 7.18. The smallest absolute Gasteiger partial charge is 0.0954 e. The molecular formula is C15H18N2S. The van der Waals surface area contributed by atoms with Crippen molar-refractivity contribution in [2.45, 2.75) is 31.7 Å². The first-order valence-corrected chi connectivity index (χ1v) is 7.74. The van der Waals surface area contributed by atoms with Crippen molar-refractivity contribution in [3.8, 4) is 0 Å². The lowest BCUT2D eigenvalue weighted by Crippen LogP contribution is -2.27. The van der Waals surface area contributed by atoms with E-state index in [0.717, 1.165) is 29.7 Å². The summed E-state index contributed by atoms with van der Waals surface area (Å²) in [7, 11) is 0. The molecule has 4 rings (SSSR count). The maximum absolute atomic E-state index is 6.39. The van der Waals surface area contributed by atoms with Crippen LogP contribution in [0, 0.1) is 17.8 Å². The molecule has 2 saturated carbocycles. The van der Waals surface area contributed by atoms with Crippen LogP contribution >= 0.6 is 11.3 Å². The Morgan fingerprint density at radius 3 is 2.83 bits per heavy atom. The third-order valence-electron chi connectivity index (χ3n) is 4.72. The zero-order chi connectivity index (χ0) is 12.1. The molecule has 2 fully saturated rings. The van der Waals surface area contributed by atoms with E-state index in [-0.39, 0.29) is 0 Å². The maximum atomic E-state index is 6.39. The van der Waals surface area contributed by atoms with Crippen LogP contribution in [0.2, 0.25) is 0 Å². The van der Waals surface area contributed by atoms with Gasteiger partial charge in [0.25, 0.3) is 0 Å². The van der Waals surface area contributed by atoms with E-state index in [4.69, 9.17) is 10.7 Å². The van der Waals surface area contributed by atoms with Gasteiger partial charge in [-0.1, -0.05) is 18.6 Å². The van der Waals surface area contributed by atoms with Crippen LogP contribution in [0.25, 0.3) is 10.2 Å². The summed E-state index contributed by atoms with van der Waals surface area (Å²) in [5, 5.41) is 1.22. The van der Waals surface area contributed by atoms with E-state index in [1.807, 2.05) is 11.3 Å². The quantitative estimate of drug-likeness (QED) is 0.918. The molecule has 2 aliphatic carbocycles. The van der Waals surface area contributed by atoms with Gasteiger partial charge in [-0.15, -0.1) is 11.3 Å². The first-order chi connectivity index (χ1) is 8.83. The van der Waals surface area contributed by atoms with Gasteiger partial charge in [-0.3, -0.25) is 0 Å². The van der Waals surface area contributed by atoms with Crippen LogP contribution in [0.4, 0.5) is 0 Å². The second-order valence-corrected chi connectivity index (χ2v) is 6.89. The summed E-state index contributed by atoms with van der Waals surface area (Å²) in [4.78, 5) is 4.70. The molecule has 94 valence electrons. The molecule has 1 heterocycles. The van der Waals surface area contributed by atoms with Crippen LogP contribution in [-0.2, 0) is 6.42 Å². The Balaban J connectivity index is 1.50. The van der Waals surface area contributed by atoms with E-state index in [2.05, 4.69) is 24.3 Å². The van der Waals surface area contributed by atoms with Crippen LogP contribution in [0.1, 0.15) is 24.3 Å². The lowest BCUT2D eigenvalue weighted by Gasteiger charge is -2.11. The van der Waals surface area contributed by atoms with E-state index < -0.39 is 0 Å². The Morgan fingerprint density at radius 2 is 2.06 bits per heavy atom.